The predicted molar refractivity (Wildman–Crippen MR) is 80.5 cm³/mol. The van der Waals surface area contributed by atoms with Gasteiger partial charge in [-0.3, -0.25) is 0 Å². The number of hydrogen-bond acceptors (Lipinski definition) is 0. The molecule has 3 heteroatoms. The van der Waals surface area contributed by atoms with Gasteiger partial charge in [0.15, 0.2) is 0 Å². The van der Waals surface area contributed by atoms with E-state index in [2.05, 4.69) is 34.7 Å². The Morgan fingerprint density at radius 1 is 1.05 bits per heavy atom. The van der Waals surface area contributed by atoms with E-state index < -0.39 is 11.6 Å². The lowest BCUT2D eigenvalue weighted by atomic mass is 10.1. The molecule has 0 fully saturated rings. The van der Waals surface area contributed by atoms with Gasteiger partial charge >= 0.3 is 0 Å². The third-order valence-corrected chi connectivity index (χ3v) is 3.63. The van der Waals surface area contributed by atoms with Crippen LogP contribution in [0.25, 0.3) is 0 Å². The average Bonchev–Trinajstić information content (AvgIpc) is 2.43. The van der Waals surface area contributed by atoms with Gasteiger partial charge in [0.2, 0.25) is 0 Å². The molecule has 0 heterocycles. The van der Waals surface area contributed by atoms with Crippen LogP contribution in [0.15, 0.2) is 40.9 Å². The Labute approximate surface area is 126 Å². The SMILES string of the molecule is CCCc1ccc(C#Cc2cc(F)cc(F)c2Br)cc1. The summed E-state index contributed by atoms with van der Waals surface area (Å²) in [4.78, 5) is 0. The van der Waals surface area contributed by atoms with E-state index in [0.717, 1.165) is 24.5 Å². The highest BCUT2D eigenvalue weighted by atomic mass is 79.9. The third kappa shape index (κ3) is 3.68. The Kier molecular flexibility index (Phi) is 4.92. The van der Waals surface area contributed by atoms with E-state index in [1.165, 1.54) is 11.6 Å². The van der Waals surface area contributed by atoms with Gasteiger partial charge in [-0.2, -0.15) is 0 Å². The van der Waals surface area contributed by atoms with Crippen LogP contribution in [-0.4, -0.2) is 0 Å². The highest BCUT2D eigenvalue weighted by Gasteiger charge is 2.06. The maximum Gasteiger partial charge on any atom is 0.141 e. The van der Waals surface area contributed by atoms with Gasteiger partial charge in [0.25, 0.3) is 0 Å². The van der Waals surface area contributed by atoms with Crippen molar-refractivity contribution in [1.82, 2.24) is 0 Å². The minimum atomic E-state index is -0.646. The molecule has 0 bridgehead atoms. The van der Waals surface area contributed by atoms with E-state index in [1.807, 2.05) is 24.3 Å². The van der Waals surface area contributed by atoms with Crippen molar-refractivity contribution in [3.05, 3.63) is 69.2 Å². The Morgan fingerprint density at radius 3 is 2.40 bits per heavy atom. The van der Waals surface area contributed by atoms with Gasteiger partial charge in [-0.15, -0.1) is 0 Å². The minimum Gasteiger partial charge on any atom is -0.207 e. The molecular formula is C17H13BrF2. The van der Waals surface area contributed by atoms with Crippen molar-refractivity contribution in [2.45, 2.75) is 19.8 Å². The zero-order chi connectivity index (χ0) is 14.5. The molecule has 102 valence electrons. The summed E-state index contributed by atoms with van der Waals surface area (Å²) in [5.74, 6) is 4.42. The van der Waals surface area contributed by atoms with Crippen molar-refractivity contribution in [1.29, 1.82) is 0 Å². The van der Waals surface area contributed by atoms with Crippen LogP contribution in [0.2, 0.25) is 0 Å². The number of hydrogen-bond donors (Lipinski definition) is 0. The van der Waals surface area contributed by atoms with Crippen LogP contribution in [0.5, 0.6) is 0 Å². The average molecular weight is 335 g/mol. The zero-order valence-corrected chi connectivity index (χ0v) is 12.6. The first-order valence-corrected chi connectivity index (χ1v) is 7.15. The Morgan fingerprint density at radius 2 is 1.75 bits per heavy atom. The summed E-state index contributed by atoms with van der Waals surface area (Å²) >= 11 is 3.08. The molecule has 0 saturated carbocycles. The fraction of sp³-hybridized carbons (Fsp3) is 0.176. The summed E-state index contributed by atoms with van der Waals surface area (Å²) in [6.45, 7) is 2.13. The van der Waals surface area contributed by atoms with Crippen LogP contribution in [0.1, 0.15) is 30.0 Å². The largest absolute Gasteiger partial charge is 0.207 e. The molecule has 0 aliphatic rings. The molecule has 0 N–H and O–H groups in total. The molecular weight excluding hydrogens is 322 g/mol. The van der Waals surface area contributed by atoms with Crippen LogP contribution in [0, 0.1) is 23.5 Å². The van der Waals surface area contributed by atoms with Gasteiger partial charge in [-0.05, 0) is 46.1 Å². The second-order valence-corrected chi connectivity index (χ2v) is 5.24. The second-order valence-electron chi connectivity index (χ2n) is 4.45. The summed E-state index contributed by atoms with van der Waals surface area (Å²) in [6.07, 6.45) is 2.13. The van der Waals surface area contributed by atoms with Crippen LogP contribution in [0.3, 0.4) is 0 Å². The first-order valence-electron chi connectivity index (χ1n) is 6.35. The van der Waals surface area contributed by atoms with Gasteiger partial charge in [0.05, 0.1) is 4.47 Å². The monoisotopic (exact) mass is 334 g/mol. The van der Waals surface area contributed by atoms with Crippen molar-refractivity contribution in [3.63, 3.8) is 0 Å². The summed E-state index contributed by atoms with van der Waals surface area (Å²) in [6, 6.07) is 9.92. The van der Waals surface area contributed by atoms with Crippen LogP contribution in [-0.2, 0) is 6.42 Å². The molecule has 0 aliphatic heterocycles. The molecule has 20 heavy (non-hydrogen) atoms. The summed E-state index contributed by atoms with van der Waals surface area (Å²) < 4.78 is 26.7. The maximum atomic E-state index is 13.3. The summed E-state index contributed by atoms with van der Waals surface area (Å²) in [5.41, 5.74) is 2.39. The van der Waals surface area contributed by atoms with Crippen molar-refractivity contribution in [2.24, 2.45) is 0 Å². The van der Waals surface area contributed by atoms with E-state index in [0.29, 0.717) is 5.56 Å². The fourth-order valence-electron chi connectivity index (χ4n) is 1.83. The molecule has 0 atom stereocenters. The third-order valence-electron chi connectivity index (χ3n) is 2.83. The minimum absolute atomic E-state index is 0.189. The molecule has 0 spiro atoms. The number of rotatable bonds is 2. The van der Waals surface area contributed by atoms with Crippen molar-refractivity contribution in [3.8, 4) is 11.8 Å². The quantitative estimate of drug-likeness (QED) is 0.530. The molecule has 0 nitrogen and oxygen atoms in total. The van der Waals surface area contributed by atoms with Crippen LogP contribution in [0.4, 0.5) is 8.78 Å². The fourth-order valence-corrected chi connectivity index (χ4v) is 2.16. The predicted octanol–water partition coefficient (Wildman–Crippen LogP) is 5.08. The van der Waals surface area contributed by atoms with Gasteiger partial charge in [0.1, 0.15) is 11.6 Å². The normalized spacial score (nSPS) is 10.0. The molecule has 0 unspecified atom stereocenters. The number of benzene rings is 2. The first kappa shape index (κ1) is 14.7. The van der Waals surface area contributed by atoms with E-state index in [1.54, 1.807) is 0 Å². The maximum absolute atomic E-state index is 13.3. The van der Waals surface area contributed by atoms with E-state index in [4.69, 9.17) is 0 Å². The smallest absolute Gasteiger partial charge is 0.141 e. The number of aryl methyl sites for hydroxylation is 1. The second kappa shape index (κ2) is 6.67. The molecule has 0 amide bonds. The molecule has 0 aliphatic carbocycles. The lowest BCUT2D eigenvalue weighted by Gasteiger charge is -1.99. The molecule has 0 saturated heterocycles. The molecule has 2 aromatic rings. The Balaban J connectivity index is 2.26. The molecule has 0 radical (unpaired) electrons. The van der Waals surface area contributed by atoms with E-state index in [9.17, 15) is 8.78 Å². The van der Waals surface area contributed by atoms with E-state index >= 15 is 0 Å². The topological polar surface area (TPSA) is 0 Å². The highest BCUT2D eigenvalue weighted by molar-refractivity contribution is 9.10. The summed E-state index contributed by atoms with van der Waals surface area (Å²) in [5, 5.41) is 0. The number of halogens is 3. The van der Waals surface area contributed by atoms with Crippen molar-refractivity contribution in [2.75, 3.05) is 0 Å². The van der Waals surface area contributed by atoms with Crippen LogP contribution < -0.4 is 0 Å². The lowest BCUT2D eigenvalue weighted by molar-refractivity contribution is 0.578. The lowest BCUT2D eigenvalue weighted by Crippen LogP contribution is -1.87. The van der Waals surface area contributed by atoms with Crippen molar-refractivity contribution < 1.29 is 8.78 Å². The van der Waals surface area contributed by atoms with Gasteiger partial charge in [-0.1, -0.05) is 37.3 Å². The molecule has 2 aromatic carbocycles. The van der Waals surface area contributed by atoms with E-state index in [-0.39, 0.29) is 4.47 Å². The Hall–Kier alpha value is -1.66. The Bertz CT molecular complexity index is 664. The van der Waals surface area contributed by atoms with Gasteiger partial charge in [-0.25, -0.2) is 8.78 Å². The zero-order valence-electron chi connectivity index (χ0n) is 11.0. The molecule has 0 aromatic heterocycles. The summed E-state index contributed by atoms with van der Waals surface area (Å²) in [7, 11) is 0. The highest BCUT2D eigenvalue weighted by Crippen LogP contribution is 2.21. The van der Waals surface area contributed by atoms with Crippen LogP contribution >= 0.6 is 15.9 Å². The van der Waals surface area contributed by atoms with Gasteiger partial charge < -0.3 is 0 Å². The first-order chi connectivity index (χ1) is 9.60. The van der Waals surface area contributed by atoms with Gasteiger partial charge in [0, 0.05) is 17.2 Å². The standard InChI is InChI=1S/C17H13BrF2/c1-2-3-12-4-6-13(7-5-12)8-9-14-10-15(19)11-16(20)17(14)18/h4-7,10-11H,2-3H2,1H3. The van der Waals surface area contributed by atoms with Crippen molar-refractivity contribution >= 4 is 15.9 Å². The molecule has 2 rings (SSSR count).